The summed E-state index contributed by atoms with van der Waals surface area (Å²) in [5.74, 6) is -0.147. The summed E-state index contributed by atoms with van der Waals surface area (Å²) < 4.78 is 10.1. The second kappa shape index (κ2) is 8.31. The fourth-order valence-electron chi connectivity index (χ4n) is 3.23. The molecule has 2 fully saturated rings. The number of rotatable bonds is 4. The zero-order valence-corrected chi connectivity index (χ0v) is 14.6. The minimum atomic E-state index is -0.331. The van der Waals surface area contributed by atoms with Crippen LogP contribution in [-0.2, 0) is 14.3 Å². The fourth-order valence-corrected chi connectivity index (χ4v) is 3.23. The van der Waals surface area contributed by atoms with Crippen LogP contribution in [0.15, 0.2) is 24.3 Å². The van der Waals surface area contributed by atoms with Crippen LogP contribution in [0, 0.1) is 0 Å². The minimum absolute atomic E-state index is 0.130. The van der Waals surface area contributed by atoms with E-state index in [1.807, 2.05) is 17.0 Å². The van der Waals surface area contributed by atoms with Crippen molar-refractivity contribution in [1.82, 2.24) is 10.2 Å². The average Bonchev–Trinajstić information content (AvgIpc) is 2.68. The Morgan fingerprint density at radius 2 is 1.92 bits per heavy atom. The van der Waals surface area contributed by atoms with Crippen molar-refractivity contribution in [2.45, 2.75) is 12.5 Å². The van der Waals surface area contributed by atoms with Gasteiger partial charge >= 0.3 is 5.97 Å². The number of hydrogen-bond acceptors (Lipinski definition) is 6. The zero-order valence-electron chi connectivity index (χ0n) is 14.6. The van der Waals surface area contributed by atoms with Crippen LogP contribution in [0.3, 0.4) is 0 Å². The van der Waals surface area contributed by atoms with E-state index in [1.54, 1.807) is 12.1 Å². The van der Waals surface area contributed by atoms with Gasteiger partial charge in [-0.15, -0.1) is 0 Å². The summed E-state index contributed by atoms with van der Waals surface area (Å²) in [5, 5.41) is 3.32. The van der Waals surface area contributed by atoms with E-state index < -0.39 is 0 Å². The molecule has 1 aromatic carbocycles. The Labute approximate surface area is 147 Å². The third-order valence-corrected chi connectivity index (χ3v) is 4.71. The summed E-state index contributed by atoms with van der Waals surface area (Å²) in [5.41, 5.74) is 1.60. The Bertz CT molecular complexity index is 591. The number of piperazine rings is 1. The van der Waals surface area contributed by atoms with E-state index in [-0.39, 0.29) is 17.9 Å². The van der Waals surface area contributed by atoms with Gasteiger partial charge in [0.1, 0.15) is 0 Å². The molecule has 1 amide bonds. The molecule has 1 atom stereocenters. The Kier molecular flexibility index (Phi) is 5.88. The SMILES string of the molecule is COC(=O)c1ccc(N2CCN(C(=O)C[C@H]3COCCN3)CC2)cc1. The van der Waals surface area contributed by atoms with Gasteiger partial charge in [-0.1, -0.05) is 0 Å². The van der Waals surface area contributed by atoms with Crippen molar-refractivity contribution in [1.29, 1.82) is 0 Å². The molecule has 2 aliphatic heterocycles. The maximum Gasteiger partial charge on any atom is 0.337 e. The first-order valence-corrected chi connectivity index (χ1v) is 8.69. The standard InChI is InChI=1S/C18H25N3O4/c1-24-18(23)14-2-4-16(5-3-14)20-7-9-21(10-8-20)17(22)12-15-13-25-11-6-19-15/h2-5,15,19H,6-13H2,1H3/t15-/m0/s1. The van der Waals surface area contributed by atoms with Gasteiger partial charge in [0.2, 0.25) is 5.91 Å². The summed E-state index contributed by atoms with van der Waals surface area (Å²) in [6, 6.07) is 7.52. The van der Waals surface area contributed by atoms with Crippen molar-refractivity contribution >= 4 is 17.6 Å². The lowest BCUT2D eigenvalue weighted by atomic mass is 10.1. The fraction of sp³-hybridized carbons (Fsp3) is 0.556. The number of hydrogen-bond donors (Lipinski definition) is 1. The predicted molar refractivity (Wildman–Crippen MR) is 93.8 cm³/mol. The van der Waals surface area contributed by atoms with Gasteiger partial charge < -0.3 is 24.6 Å². The second-order valence-corrected chi connectivity index (χ2v) is 6.34. The van der Waals surface area contributed by atoms with Crippen molar-refractivity contribution in [3.63, 3.8) is 0 Å². The summed E-state index contributed by atoms with van der Waals surface area (Å²) in [4.78, 5) is 28.1. The molecular weight excluding hydrogens is 322 g/mol. The number of ether oxygens (including phenoxy) is 2. The maximum absolute atomic E-state index is 12.4. The highest BCUT2D eigenvalue weighted by atomic mass is 16.5. The van der Waals surface area contributed by atoms with E-state index in [0.29, 0.717) is 31.7 Å². The van der Waals surface area contributed by atoms with Gasteiger partial charge in [0.15, 0.2) is 0 Å². The average molecular weight is 347 g/mol. The lowest BCUT2D eigenvalue weighted by molar-refractivity contribution is -0.132. The summed E-state index contributed by atoms with van der Waals surface area (Å²) in [6.07, 6.45) is 0.494. The van der Waals surface area contributed by atoms with Gasteiger partial charge in [0.05, 0.1) is 25.9 Å². The van der Waals surface area contributed by atoms with Crippen molar-refractivity contribution in [2.24, 2.45) is 0 Å². The van der Waals surface area contributed by atoms with Crippen molar-refractivity contribution in [3.8, 4) is 0 Å². The Hall–Kier alpha value is -2.12. The molecule has 1 aromatic rings. The number of anilines is 1. The molecule has 0 bridgehead atoms. The number of nitrogens with one attached hydrogen (secondary N) is 1. The summed E-state index contributed by atoms with van der Waals surface area (Å²) >= 11 is 0. The van der Waals surface area contributed by atoms with Gasteiger partial charge in [0.25, 0.3) is 0 Å². The number of esters is 1. The summed E-state index contributed by atoms with van der Waals surface area (Å²) in [6.45, 7) is 5.15. The lowest BCUT2D eigenvalue weighted by Gasteiger charge is -2.37. The predicted octanol–water partition coefficient (Wildman–Crippen LogP) is 0.500. The normalized spacial score (nSPS) is 21.1. The van der Waals surface area contributed by atoms with Crippen LogP contribution in [0.5, 0.6) is 0 Å². The van der Waals surface area contributed by atoms with E-state index in [2.05, 4.69) is 10.2 Å². The number of carbonyl (C=O) groups is 2. The van der Waals surface area contributed by atoms with Crippen molar-refractivity contribution in [3.05, 3.63) is 29.8 Å². The van der Waals surface area contributed by atoms with Gasteiger partial charge in [-0.25, -0.2) is 4.79 Å². The highest BCUT2D eigenvalue weighted by Crippen LogP contribution is 2.18. The molecule has 0 radical (unpaired) electrons. The summed E-state index contributed by atoms with van der Waals surface area (Å²) in [7, 11) is 1.38. The van der Waals surface area contributed by atoms with Gasteiger partial charge in [-0.3, -0.25) is 4.79 Å². The van der Waals surface area contributed by atoms with Gasteiger partial charge in [-0.05, 0) is 24.3 Å². The van der Waals surface area contributed by atoms with Crippen LogP contribution in [0.4, 0.5) is 5.69 Å². The number of carbonyl (C=O) groups excluding carboxylic acids is 2. The Morgan fingerprint density at radius 1 is 1.20 bits per heavy atom. The molecule has 0 unspecified atom stereocenters. The lowest BCUT2D eigenvalue weighted by Crippen LogP contribution is -2.51. The molecule has 3 rings (SSSR count). The van der Waals surface area contributed by atoms with Crippen LogP contribution >= 0.6 is 0 Å². The van der Waals surface area contributed by atoms with Crippen LogP contribution < -0.4 is 10.2 Å². The first kappa shape index (κ1) is 17.7. The van der Waals surface area contributed by atoms with Crippen LogP contribution in [0.1, 0.15) is 16.8 Å². The smallest absolute Gasteiger partial charge is 0.337 e. The molecule has 2 aliphatic rings. The quantitative estimate of drug-likeness (QED) is 0.800. The third kappa shape index (κ3) is 4.49. The molecule has 0 aliphatic carbocycles. The molecule has 2 saturated heterocycles. The van der Waals surface area contributed by atoms with E-state index in [4.69, 9.17) is 9.47 Å². The zero-order chi connectivity index (χ0) is 17.6. The largest absolute Gasteiger partial charge is 0.465 e. The monoisotopic (exact) mass is 347 g/mol. The topological polar surface area (TPSA) is 71.1 Å². The number of amides is 1. The molecule has 0 aromatic heterocycles. The minimum Gasteiger partial charge on any atom is -0.465 e. The van der Waals surface area contributed by atoms with Crippen LogP contribution in [0.25, 0.3) is 0 Å². The van der Waals surface area contributed by atoms with Gasteiger partial charge in [-0.2, -0.15) is 0 Å². The molecule has 0 saturated carbocycles. The van der Waals surface area contributed by atoms with Crippen LogP contribution in [-0.4, -0.2) is 75.9 Å². The van der Waals surface area contributed by atoms with E-state index in [0.717, 1.165) is 31.9 Å². The first-order valence-electron chi connectivity index (χ1n) is 8.69. The third-order valence-electron chi connectivity index (χ3n) is 4.71. The molecular formula is C18H25N3O4. The Morgan fingerprint density at radius 3 is 2.52 bits per heavy atom. The number of nitrogens with zero attached hydrogens (tertiary/aromatic N) is 2. The molecule has 0 spiro atoms. The highest BCUT2D eigenvalue weighted by Gasteiger charge is 2.24. The molecule has 1 N–H and O–H groups in total. The first-order chi connectivity index (χ1) is 12.2. The molecule has 25 heavy (non-hydrogen) atoms. The molecule has 136 valence electrons. The number of morpholine rings is 1. The Balaban J connectivity index is 1.49. The van der Waals surface area contributed by atoms with Crippen molar-refractivity contribution in [2.75, 3.05) is 57.9 Å². The molecule has 7 heteroatoms. The van der Waals surface area contributed by atoms with Crippen molar-refractivity contribution < 1.29 is 19.1 Å². The molecule has 7 nitrogen and oxygen atoms in total. The highest BCUT2D eigenvalue weighted by molar-refractivity contribution is 5.89. The van der Waals surface area contributed by atoms with E-state index in [9.17, 15) is 9.59 Å². The van der Waals surface area contributed by atoms with E-state index in [1.165, 1.54) is 7.11 Å². The van der Waals surface area contributed by atoms with Crippen LogP contribution in [0.2, 0.25) is 0 Å². The van der Waals surface area contributed by atoms with E-state index >= 15 is 0 Å². The van der Waals surface area contributed by atoms with Gasteiger partial charge in [0, 0.05) is 50.9 Å². The maximum atomic E-state index is 12.4. The number of benzene rings is 1. The molecule has 2 heterocycles. The second-order valence-electron chi connectivity index (χ2n) is 6.34. The number of methoxy groups -OCH3 is 1.